The zero-order chi connectivity index (χ0) is 22.9. The zero-order valence-corrected chi connectivity index (χ0v) is 21.8. The van der Waals surface area contributed by atoms with Crippen molar-refractivity contribution in [3.05, 3.63) is 58.7 Å². The van der Waals surface area contributed by atoms with Gasteiger partial charge in [0, 0.05) is 0 Å². The maximum absolute atomic E-state index is 13.1. The van der Waals surface area contributed by atoms with E-state index in [4.69, 9.17) is 45.3 Å². The molecule has 1 aliphatic rings. The number of hydrogen-bond donors (Lipinski definition) is 2. The highest BCUT2D eigenvalue weighted by Gasteiger charge is 2.34. The molecule has 1 heterocycles. The number of nitrogens with zero attached hydrogens (tertiary/aromatic N) is 1. The van der Waals surface area contributed by atoms with E-state index in [1.54, 1.807) is 18.2 Å². The van der Waals surface area contributed by atoms with Crippen LogP contribution in [-0.2, 0) is 14.4 Å². The Hall–Kier alpha value is -1.48. The van der Waals surface area contributed by atoms with Crippen molar-refractivity contribution in [2.24, 2.45) is 0 Å². The number of carbonyl (C=O) groups excluding carboxylic acids is 2. The molecule has 1 fully saturated rings. The molecule has 0 spiro atoms. The minimum atomic E-state index is -1.10. The highest BCUT2D eigenvalue weighted by Crippen LogP contribution is 2.32. The third-order valence-corrected chi connectivity index (χ3v) is 6.56. The second-order valence-electron chi connectivity index (χ2n) is 6.05. The molecule has 7 nitrogen and oxygen atoms in total. The molecule has 0 bridgehead atoms. The predicted molar refractivity (Wildman–Crippen MR) is 138 cm³/mol. The molecule has 0 saturated carbocycles. The summed E-state index contributed by atoms with van der Waals surface area (Å²) in [4.78, 5) is 37.5. The van der Waals surface area contributed by atoms with E-state index in [0.29, 0.717) is 29.2 Å². The van der Waals surface area contributed by atoms with Crippen LogP contribution in [0.2, 0.25) is 10.0 Å². The number of ether oxygens (including phenoxy) is 1. The van der Waals surface area contributed by atoms with E-state index in [1.807, 2.05) is 45.2 Å². The van der Waals surface area contributed by atoms with E-state index >= 15 is 0 Å². The monoisotopic (exact) mass is 702 g/mol. The minimum absolute atomic E-state index is 0.0767. The van der Waals surface area contributed by atoms with Crippen molar-refractivity contribution in [1.29, 1.82) is 0 Å². The predicted octanol–water partition coefficient (Wildman–Crippen LogP) is 4.50. The lowest BCUT2D eigenvalue weighted by molar-refractivity contribution is -0.139. The Kier molecular flexibility index (Phi) is 7.78. The number of carboxylic acid groups (broad SMARTS) is 1. The van der Waals surface area contributed by atoms with Gasteiger partial charge in [-0.1, -0.05) is 23.2 Å². The van der Waals surface area contributed by atoms with Gasteiger partial charge in [0.25, 0.3) is 11.8 Å². The fourth-order valence-corrected chi connectivity index (χ4v) is 5.32. The Morgan fingerprint density at radius 1 is 1.16 bits per heavy atom. The summed E-state index contributed by atoms with van der Waals surface area (Å²) in [7, 11) is 0. The largest absolute Gasteiger partial charge is 0.480 e. The number of carboxylic acids is 1. The number of hydrogen-bond acceptors (Lipinski definition) is 5. The van der Waals surface area contributed by atoms with Crippen molar-refractivity contribution >= 4 is 115 Å². The number of anilines is 1. The lowest BCUT2D eigenvalue weighted by atomic mass is 10.1. The number of halogens is 4. The number of carbonyl (C=O) groups is 3. The highest BCUT2D eigenvalue weighted by atomic mass is 127. The van der Waals surface area contributed by atoms with Crippen LogP contribution in [-0.4, -0.2) is 34.6 Å². The molecule has 1 aliphatic heterocycles. The van der Waals surface area contributed by atoms with Gasteiger partial charge in [-0.25, -0.2) is 4.79 Å². The van der Waals surface area contributed by atoms with Gasteiger partial charge >= 0.3 is 5.97 Å². The molecule has 0 unspecified atom stereocenters. The lowest BCUT2D eigenvalue weighted by Crippen LogP contribution is -2.54. The van der Waals surface area contributed by atoms with Gasteiger partial charge < -0.3 is 9.84 Å². The summed E-state index contributed by atoms with van der Waals surface area (Å²) >= 11 is 21.1. The number of amides is 2. The van der Waals surface area contributed by atoms with E-state index in [2.05, 4.69) is 5.32 Å². The topological polar surface area (TPSA) is 95.9 Å². The Labute approximate surface area is 219 Å². The van der Waals surface area contributed by atoms with E-state index in [0.717, 1.165) is 4.90 Å². The van der Waals surface area contributed by atoms with Gasteiger partial charge in [0.1, 0.15) is 11.3 Å². The van der Waals surface area contributed by atoms with Gasteiger partial charge in [-0.2, -0.15) is 0 Å². The molecule has 2 amide bonds. The minimum Gasteiger partial charge on any atom is -0.480 e. The molecule has 0 aromatic heterocycles. The number of rotatable bonds is 5. The van der Waals surface area contributed by atoms with E-state index in [-0.39, 0.29) is 15.7 Å². The number of benzene rings is 2. The summed E-state index contributed by atoms with van der Waals surface area (Å²) < 4.78 is 6.54. The SMILES string of the molecule is O=C(O)COc1c(I)cc(/C=C2\C(=O)NC(=S)N(c3ccc(Cl)c(Cl)c3)C2=O)cc1I. The fourth-order valence-electron chi connectivity index (χ4n) is 2.62. The lowest BCUT2D eigenvalue weighted by Gasteiger charge is -2.29. The first-order valence-electron chi connectivity index (χ1n) is 8.28. The first-order valence-corrected chi connectivity index (χ1v) is 11.6. The first kappa shape index (κ1) is 24.2. The molecular weight excluding hydrogens is 693 g/mol. The molecule has 2 aromatic carbocycles. The Morgan fingerprint density at radius 3 is 2.39 bits per heavy atom. The maximum atomic E-state index is 13.1. The summed E-state index contributed by atoms with van der Waals surface area (Å²) in [5.74, 6) is -1.95. The van der Waals surface area contributed by atoms with E-state index in [1.165, 1.54) is 18.2 Å². The summed E-state index contributed by atoms with van der Waals surface area (Å²) in [6.07, 6.45) is 1.43. The first-order chi connectivity index (χ1) is 14.6. The quantitative estimate of drug-likeness (QED) is 0.206. The number of nitrogens with one attached hydrogen (secondary N) is 1. The van der Waals surface area contributed by atoms with Crippen molar-refractivity contribution in [2.45, 2.75) is 0 Å². The highest BCUT2D eigenvalue weighted by molar-refractivity contribution is 14.1. The molecule has 1 saturated heterocycles. The molecule has 12 heteroatoms. The molecule has 2 aromatic rings. The van der Waals surface area contributed by atoms with Gasteiger partial charge in [0.05, 0.1) is 22.9 Å². The van der Waals surface area contributed by atoms with Crippen LogP contribution in [0, 0.1) is 7.14 Å². The van der Waals surface area contributed by atoms with Crippen LogP contribution in [0.3, 0.4) is 0 Å². The van der Waals surface area contributed by atoms with Crippen LogP contribution in [0.1, 0.15) is 5.56 Å². The molecule has 0 atom stereocenters. The van der Waals surface area contributed by atoms with E-state index < -0.39 is 24.4 Å². The van der Waals surface area contributed by atoms with Gasteiger partial charge in [-0.05, 0) is 99.4 Å². The standard InChI is InChI=1S/C19H10Cl2I2N2O5S/c20-11-2-1-9(6-12(11)21)25-18(29)10(17(28)24-19(25)31)3-8-4-13(22)16(14(23)5-8)30-7-15(26)27/h1-6H,7H2,(H,26,27)(H,24,28,31)/b10-3+. The third-order valence-electron chi connectivity index (χ3n) is 3.93. The molecule has 31 heavy (non-hydrogen) atoms. The van der Waals surface area contributed by atoms with E-state index in [9.17, 15) is 14.4 Å². The Morgan fingerprint density at radius 2 is 1.81 bits per heavy atom. The molecule has 2 N–H and O–H groups in total. The molecule has 3 rings (SSSR count). The molecule has 160 valence electrons. The molecular formula is C19H10Cl2I2N2O5S. The smallest absolute Gasteiger partial charge is 0.341 e. The fraction of sp³-hybridized carbons (Fsp3) is 0.0526. The summed E-state index contributed by atoms with van der Waals surface area (Å²) in [6, 6.07) is 7.90. The van der Waals surface area contributed by atoms with Crippen molar-refractivity contribution in [3.63, 3.8) is 0 Å². The summed E-state index contributed by atoms with van der Waals surface area (Å²) in [5, 5.41) is 11.8. The zero-order valence-electron chi connectivity index (χ0n) is 15.1. The van der Waals surface area contributed by atoms with Crippen LogP contribution in [0.25, 0.3) is 6.08 Å². The van der Waals surface area contributed by atoms with Crippen LogP contribution in [0.5, 0.6) is 5.75 Å². The van der Waals surface area contributed by atoms with Crippen molar-refractivity contribution in [2.75, 3.05) is 11.5 Å². The second kappa shape index (κ2) is 9.98. The number of aliphatic carboxylic acids is 1. The average Bonchev–Trinajstić information content (AvgIpc) is 2.67. The summed E-state index contributed by atoms with van der Waals surface area (Å²) in [5.41, 5.74) is 0.777. The van der Waals surface area contributed by atoms with Crippen LogP contribution >= 0.6 is 80.6 Å². The van der Waals surface area contributed by atoms with Crippen LogP contribution in [0.15, 0.2) is 35.9 Å². The van der Waals surface area contributed by atoms with Crippen molar-refractivity contribution in [3.8, 4) is 5.75 Å². The molecule has 0 radical (unpaired) electrons. The van der Waals surface area contributed by atoms with Gasteiger partial charge in [-0.15, -0.1) is 0 Å². The van der Waals surface area contributed by atoms with Gasteiger partial charge in [0.15, 0.2) is 11.7 Å². The van der Waals surface area contributed by atoms with Crippen molar-refractivity contribution < 1.29 is 24.2 Å². The Bertz CT molecular complexity index is 1150. The average molecular weight is 703 g/mol. The van der Waals surface area contributed by atoms with Crippen LogP contribution in [0.4, 0.5) is 5.69 Å². The Balaban J connectivity index is 1.98. The maximum Gasteiger partial charge on any atom is 0.341 e. The number of thiocarbonyl (C=S) groups is 1. The van der Waals surface area contributed by atoms with Crippen LogP contribution < -0.4 is 15.0 Å². The third kappa shape index (κ3) is 5.48. The second-order valence-corrected chi connectivity index (χ2v) is 9.58. The molecule has 0 aliphatic carbocycles. The van der Waals surface area contributed by atoms with Gasteiger partial charge in [-0.3, -0.25) is 19.8 Å². The summed E-state index contributed by atoms with van der Waals surface area (Å²) in [6.45, 7) is -0.483. The van der Waals surface area contributed by atoms with Gasteiger partial charge in [0.2, 0.25) is 0 Å². The normalized spacial score (nSPS) is 15.3. The van der Waals surface area contributed by atoms with Crippen molar-refractivity contribution in [1.82, 2.24) is 5.32 Å².